The van der Waals surface area contributed by atoms with Crippen LogP contribution in [0.2, 0.25) is 0 Å². The Hall–Kier alpha value is -1.39. The summed E-state index contributed by atoms with van der Waals surface area (Å²) in [6.07, 6.45) is 5.79. The minimum Gasteiger partial charge on any atom is -0.350 e. The summed E-state index contributed by atoms with van der Waals surface area (Å²) < 4.78 is 0. The molecule has 118 valence electrons. The van der Waals surface area contributed by atoms with Gasteiger partial charge in [-0.2, -0.15) is 0 Å². The predicted octanol–water partition coefficient (Wildman–Crippen LogP) is 1.44. The van der Waals surface area contributed by atoms with Crippen molar-refractivity contribution in [2.24, 2.45) is 0 Å². The second-order valence-electron chi connectivity index (χ2n) is 6.91. The zero-order chi connectivity index (χ0) is 14.9. The van der Waals surface area contributed by atoms with Crippen LogP contribution in [-0.2, 0) is 17.8 Å². The Kier molecular flexibility index (Phi) is 3.89. The fourth-order valence-corrected chi connectivity index (χ4v) is 4.34. The van der Waals surface area contributed by atoms with Gasteiger partial charge in [-0.3, -0.25) is 9.69 Å². The smallest absolute Gasteiger partial charge is 0.237 e. The summed E-state index contributed by atoms with van der Waals surface area (Å²) in [4.78, 5) is 15.2. The Bertz CT molecular complexity index is 559. The number of amides is 1. The normalized spacial score (nSPS) is 31.4. The van der Waals surface area contributed by atoms with E-state index in [0.717, 1.165) is 25.9 Å². The molecule has 0 aliphatic carbocycles. The lowest BCUT2D eigenvalue weighted by molar-refractivity contribution is -0.124. The molecule has 3 heterocycles. The topological polar surface area (TPSA) is 44.4 Å². The third-order valence-electron chi connectivity index (χ3n) is 5.58. The molecule has 0 spiro atoms. The molecule has 3 unspecified atom stereocenters. The van der Waals surface area contributed by atoms with Gasteiger partial charge in [-0.15, -0.1) is 0 Å². The van der Waals surface area contributed by atoms with Crippen LogP contribution in [0, 0.1) is 0 Å². The summed E-state index contributed by atoms with van der Waals surface area (Å²) in [5.74, 6) is 0.187. The third kappa shape index (κ3) is 2.66. The quantitative estimate of drug-likeness (QED) is 0.868. The molecule has 1 aromatic rings. The van der Waals surface area contributed by atoms with Crippen LogP contribution in [0.4, 0.5) is 0 Å². The van der Waals surface area contributed by atoms with E-state index < -0.39 is 0 Å². The lowest BCUT2D eigenvalue weighted by Crippen LogP contribution is -2.53. The molecule has 4 nitrogen and oxygen atoms in total. The van der Waals surface area contributed by atoms with Crippen LogP contribution in [0.3, 0.4) is 0 Å². The van der Waals surface area contributed by atoms with Gasteiger partial charge in [-0.05, 0) is 43.4 Å². The van der Waals surface area contributed by atoms with Gasteiger partial charge in [0, 0.05) is 25.2 Å². The van der Waals surface area contributed by atoms with Crippen molar-refractivity contribution >= 4 is 5.91 Å². The lowest BCUT2D eigenvalue weighted by Gasteiger charge is -2.33. The van der Waals surface area contributed by atoms with E-state index in [1.165, 1.54) is 36.9 Å². The Morgan fingerprint density at radius 3 is 2.91 bits per heavy atom. The highest BCUT2D eigenvalue weighted by Crippen LogP contribution is 2.27. The van der Waals surface area contributed by atoms with Crippen molar-refractivity contribution in [3.05, 3.63) is 35.4 Å². The zero-order valence-electron chi connectivity index (χ0n) is 13.1. The van der Waals surface area contributed by atoms with Crippen LogP contribution >= 0.6 is 0 Å². The molecule has 1 amide bonds. The average molecular weight is 299 g/mol. The van der Waals surface area contributed by atoms with Gasteiger partial charge >= 0.3 is 0 Å². The molecule has 0 saturated carbocycles. The van der Waals surface area contributed by atoms with Crippen molar-refractivity contribution in [1.82, 2.24) is 15.5 Å². The number of carbonyl (C=O) groups is 1. The van der Waals surface area contributed by atoms with Crippen LogP contribution in [0.1, 0.15) is 36.8 Å². The first-order chi connectivity index (χ1) is 10.8. The fourth-order valence-electron chi connectivity index (χ4n) is 4.34. The third-order valence-corrected chi connectivity index (χ3v) is 5.58. The molecule has 2 N–H and O–H groups in total. The summed E-state index contributed by atoms with van der Waals surface area (Å²) in [5, 5.41) is 6.73. The van der Waals surface area contributed by atoms with Gasteiger partial charge in [0.05, 0.1) is 6.04 Å². The minimum atomic E-state index is -0.0764. The fraction of sp³-hybridized carbons (Fsp3) is 0.611. The number of piperidine rings is 1. The van der Waals surface area contributed by atoms with Crippen LogP contribution in [0.15, 0.2) is 24.3 Å². The Balaban J connectivity index is 1.39. The second kappa shape index (κ2) is 6.01. The SMILES string of the molecule is O=C(NC1CCN2CCCCC12)C1Cc2ccccc2CN1. The second-order valence-corrected chi connectivity index (χ2v) is 6.91. The number of hydrogen-bond acceptors (Lipinski definition) is 3. The van der Waals surface area contributed by atoms with Gasteiger partial charge in [0.15, 0.2) is 0 Å². The van der Waals surface area contributed by atoms with Gasteiger partial charge in [0.1, 0.15) is 0 Å². The van der Waals surface area contributed by atoms with Crippen molar-refractivity contribution < 1.29 is 4.79 Å². The summed E-state index contributed by atoms with van der Waals surface area (Å²) in [5.41, 5.74) is 2.64. The molecule has 0 radical (unpaired) electrons. The number of carbonyl (C=O) groups excluding carboxylic acids is 1. The first kappa shape index (κ1) is 14.2. The maximum absolute atomic E-state index is 12.6. The summed E-state index contributed by atoms with van der Waals surface area (Å²) in [7, 11) is 0. The minimum absolute atomic E-state index is 0.0764. The molecule has 0 bridgehead atoms. The summed E-state index contributed by atoms with van der Waals surface area (Å²) >= 11 is 0. The number of fused-ring (bicyclic) bond motifs is 2. The number of nitrogens with zero attached hydrogens (tertiary/aromatic N) is 1. The molecule has 0 aromatic heterocycles. The largest absolute Gasteiger partial charge is 0.350 e. The van der Waals surface area contributed by atoms with E-state index in [2.05, 4.69) is 39.8 Å². The lowest BCUT2D eigenvalue weighted by atomic mass is 9.94. The highest BCUT2D eigenvalue weighted by atomic mass is 16.2. The molecule has 22 heavy (non-hydrogen) atoms. The summed E-state index contributed by atoms with van der Waals surface area (Å²) in [6, 6.07) is 9.28. The molecule has 4 rings (SSSR count). The van der Waals surface area contributed by atoms with Crippen molar-refractivity contribution in [3.63, 3.8) is 0 Å². The van der Waals surface area contributed by atoms with Crippen LogP contribution in [0.5, 0.6) is 0 Å². The van der Waals surface area contributed by atoms with Gasteiger partial charge in [0.25, 0.3) is 0 Å². The van der Waals surface area contributed by atoms with Crippen molar-refractivity contribution in [1.29, 1.82) is 0 Å². The number of rotatable bonds is 2. The van der Waals surface area contributed by atoms with Gasteiger partial charge in [0.2, 0.25) is 5.91 Å². The van der Waals surface area contributed by atoms with Crippen molar-refractivity contribution in [2.75, 3.05) is 13.1 Å². The van der Waals surface area contributed by atoms with Gasteiger partial charge in [-0.1, -0.05) is 30.7 Å². The Morgan fingerprint density at radius 2 is 2.00 bits per heavy atom. The molecular formula is C18H25N3O. The van der Waals surface area contributed by atoms with E-state index in [0.29, 0.717) is 12.1 Å². The molecular weight excluding hydrogens is 274 g/mol. The summed E-state index contributed by atoms with van der Waals surface area (Å²) in [6.45, 7) is 3.16. The van der Waals surface area contributed by atoms with Crippen LogP contribution in [-0.4, -0.2) is 42.0 Å². The highest BCUT2D eigenvalue weighted by Gasteiger charge is 2.37. The van der Waals surface area contributed by atoms with Crippen LogP contribution in [0.25, 0.3) is 0 Å². The first-order valence-electron chi connectivity index (χ1n) is 8.66. The van der Waals surface area contributed by atoms with Crippen LogP contribution < -0.4 is 10.6 Å². The van der Waals surface area contributed by atoms with E-state index in [4.69, 9.17) is 0 Å². The highest BCUT2D eigenvalue weighted by molar-refractivity contribution is 5.82. The van der Waals surface area contributed by atoms with Gasteiger partial charge in [-0.25, -0.2) is 0 Å². The first-order valence-corrected chi connectivity index (χ1v) is 8.66. The standard InChI is InChI=1S/C18H25N3O/c22-18(16-11-13-5-1-2-6-14(13)12-19-16)20-15-8-10-21-9-4-3-7-17(15)21/h1-2,5-6,15-17,19H,3-4,7-12H2,(H,20,22). The number of nitrogens with one attached hydrogen (secondary N) is 2. The monoisotopic (exact) mass is 299 g/mol. The molecule has 2 saturated heterocycles. The average Bonchev–Trinajstić information content (AvgIpc) is 2.97. The molecule has 1 aromatic carbocycles. The number of benzene rings is 1. The Labute approximate surface area is 132 Å². The molecule has 4 heteroatoms. The number of hydrogen-bond donors (Lipinski definition) is 2. The van der Waals surface area contributed by atoms with Crippen molar-refractivity contribution in [3.8, 4) is 0 Å². The van der Waals surface area contributed by atoms with E-state index in [9.17, 15) is 4.79 Å². The molecule has 2 fully saturated rings. The maximum Gasteiger partial charge on any atom is 0.237 e. The maximum atomic E-state index is 12.6. The van der Waals surface area contributed by atoms with E-state index in [-0.39, 0.29) is 11.9 Å². The molecule has 3 atom stereocenters. The van der Waals surface area contributed by atoms with Gasteiger partial charge < -0.3 is 10.6 Å². The Morgan fingerprint density at radius 1 is 1.14 bits per heavy atom. The zero-order valence-corrected chi connectivity index (χ0v) is 13.1. The van der Waals surface area contributed by atoms with E-state index >= 15 is 0 Å². The molecule has 3 aliphatic rings. The molecule has 3 aliphatic heterocycles. The van der Waals surface area contributed by atoms with E-state index in [1.54, 1.807) is 0 Å². The van der Waals surface area contributed by atoms with E-state index in [1.807, 2.05) is 0 Å². The predicted molar refractivity (Wildman–Crippen MR) is 86.5 cm³/mol. The van der Waals surface area contributed by atoms with Crippen molar-refractivity contribution in [2.45, 2.75) is 56.8 Å².